The molecule has 1 aliphatic rings. The third kappa shape index (κ3) is 2.99. The second kappa shape index (κ2) is 4.46. The molecule has 0 saturated carbocycles. The zero-order chi connectivity index (χ0) is 11.6. The Morgan fingerprint density at radius 2 is 2.12 bits per heavy atom. The highest BCUT2D eigenvalue weighted by molar-refractivity contribution is 5.38. The van der Waals surface area contributed by atoms with Gasteiger partial charge in [0.15, 0.2) is 0 Å². The Labute approximate surface area is 98.0 Å². The van der Waals surface area contributed by atoms with Crippen LogP contribution < -0.4 is 10.1 Å². The summed E-state index contributed by atoms with van der Waals surface area (Å²) in [7, 11) is 0. The molecule has 0 fully saturated rings. The monoisotopic (exact) mass is 219 g/mol. The molecule has 1 N–H and O–H groups in total. The highest BCUT2D eigenvalue weighted by Crippen LogP contribution is 2.26. The van der Waals surface area contributed by atoms with Crippen LogP contribution in [0.1, 0.15) is 31.9 Å². The molecule has 0 bridgehead atoms. The lowest BCUT2D eigenvalue weighted by Crippen LogP contribution is -2.16. The van der Waals surface area contributed by atoms with Crippen molar-refractivity contribution in [2.24, 2.45) is 5.41 Å². The van der Waals surface area contributed by atoms with Crippen molar-refractivity contribution in [2.75, 3.05) is 13.2 Å². The molecule has 1 aliphatic heterocycles. The first-order chi connectivity index (χ1) is 7.54. The minimum absolute atomic E-state index is 0.331. The number of benzene rings is 1. The summed E-state index contributed by atoms with van der Waals surface area (Å²) in [5, 5.41) is 3.35. The molecule has 0 spiro atoms. The first-order valence-electron chi connectivity index (χ1n) is 6.00. The van der Waals surface area contributed by atoms with E-state index in [0.29, 0.717) is 5.41 Å². The smallest absolute Gasteiger partial charge is 0.124 e. The fraction of sp³-hybridized carbons (Fsp3) is 0.571. The van der Waals surface area contributed by atoms with Crippen molar-refractivity contribution < 1.29 is 4.74 Å². The van der Waals surface area contributed by atoms with Gasteiger partial charge in [0, 0.05) is 18.7 Å². The zero-order valence-corrected chi connectivity index (χ0v) is 10.5. The normalized spacial score (nSPS) is 16.2. The topological polar surface area (TPSA) is 21.3 Å². The maximum Gasteiger partial charge on any atom is 0.124 e. The maximum absolute atomic E-state index is 5.74. The van der Waals surface area contributed by atoms with Crippen LogP contribution in [-0.2, 0) is 13.0 Å². The molecule has 2 nitrogen and oxygen atoms in total. The molecule has 1 aromatic rings. The average Bonchev–Trinajstić information content (AvgIpc) is 2.39. The summed E-state index contributed by atoms with van der Waals surface area (Å²) in [5.74, 6) is 1.06. The van der Waals surface area contributed by atoms with Gasteiger partial charge in [0.25, 0.3) is 0 Å². The average molecular weight is 219 g/mol. The van der Waals surface area contributed by atoms with Gasteiger partial charge in [-0.2, -0.15) is 0 Å². The van der Waals surface area contributed by atoms with E-state index in [0.717, 1.165) is 31.9 Å². The lowest BCUT2D eigenvalue weighted by molar-refractivity contribution is 0.325. The van der Waals surface area contributed by atoms with Crippen LogP contribution in [0, 0.1) is 5.41 Å². The molecule has 16 heavy (non-hydrogen) atoms. The Bertz CT molecular complexity index is 365. The van der Waals surface area contributed by atoms with Crippen molar-refractivity contribution in [3.05, 3.63) is 29.3 Å². The summed E-state index contributed by atoms with van der Waals surface area (Å²) in [6.45, 7) is 9.42. The number of hydrogen-bond donors (Lipinski definition) is 1. The first kappa shape index (κ1) is 11.5. The number of rotatable bonds is 1. The van der Waals surface area contributed by atoms with Gasteiger partial charge in [0.1, 0.15) is 12.4 Å². The lowest BCUT2D eigenvalue weighted by atomic mass is 9.88. The van der Waals surface area contributed by atoms with Crippen LogP contribution >= 0.6 is 0 Å². The number of ether oxygens (including phenoxy) is 1. The van der Waals surface area contributed by atoms with Gasteiger partial charge in [0.2, 0.25) is 0 Å². The van der Waals surface area contributed by atoms with E-state index in [1.165, 1.54) is 11.1 Å². The van der Waals surface area contributed by atoms with Crippen LogP contribution in [0.25, 0.3) is 0 Å². The first-order valence-corrected chi connectivity index (χ1v) is 6.00. The van der Waals surface area contributed by atoms with Crippen molar-refractivity contribution >= 4 is 0 Å². The van der Waals surface area contributed by atoms with E-state index in [1.807, 2.05) is 0 Å². The molecule has 2 heteroatoms. The Balaban J connectivity index is 2.21. The number of fused-ring (bicyclic) bond motifs is 1. The lowest BCUT2D eigenvalue weighted by Gasteiger charge is -2.19. The molecule has 0 atom stereocenters. The maximum atomic E-state index is 5.74. The van der Waals surface area contributed by atoms with Crippen LogP contribution in [0.3, 0.4) is 0 Å². The van der Waals surface area contributed by atoms with E-state index in [9.17, 15) is 0 Å². The van der Waals surface area contributed by atoms with Gasteiger partial charge in [-0.05, 0) is 23.5 Å². The Kier molecular flexibility index (Phi) is 3.20. The molecular weight excluding hydrogens is 198 g/mol. The molecule has 0 unspecified atom stereocenters. The van der Waals surface area contributed by atoms with Gasteiger partial charge in [-0.3, -0.25) is 0 Å². The minimum Gasteiger partial charge on any atom is -0.492 e. The molecule has 0 radical (unpaired) electrons. The molecule has 0 aliphatic carbocycles. The van der Waals surface area contributed by atoms with Crippen LogP contribution in [0.15, 0.2) is 18.2 Å². The van der Waals surface area contributed by atoms with Crippen LogP contribution in [-0.4, -0.2) is 13.2 Å². The number of nitrogens with one attached hydrogen (secondary N) is 1. The minimum atomic E-state index is 0.331. The highest BCUT2D eigenvalue weighted by atomic mass is 16.5. The second-order valence-electron chi connectivity index (χ2n) is 5.70. The summed E-state index contributed by atoms with van der Waals surface area (Å²) in [6.07, 6.45) is 1.09. The van der Waals surface area contributed by atoms with Crippen LogP contribution in [0.2, 0.25) is 0 Å². The van der Waals surface area contributed by atoms with E-state index in [1.54, 1.807) is 0 Å². The summed E-state index contributed by atoms with van der Waals surface area (Å²) in [5.41, 5.74) is 2.97. The number of hydrogen-bond acceptors (Lipinski definition) is 2. The zero-order valence-electron chi connectivity index (χ0n) is 10.5. The molecule has 0 aromatic heterocycles. The van der Waals surface area contributed by atoms with E-state index < -0.39 is 0 Å². The van der Waals surface area contributed by atoms with Crippen LogP contribution in [0.5, 0.6) is 5.75 Å². The standard InChI is InChI=1S/C14H21NO/c1-14(2,3)9-11-4-5-12-10-15-6-7-16-13(12)8-11/h4-5,8,15H,6-7,9-10H2,1-3H3. The fourth-order valence-corrected chi connectivity index (χ4v) is 2.06. The molecule has 0 saturated heterocycles. The summed E-state index contributed by atoms with van der Waals surface area (Å²) >= 11 is 0. The predicted octanol–water partition coefficient (Wildman–Crippen LogP) is 2.76. The Morgan fingerprint density at radius 1 is 1.31 bits per heavy atom. The largest absolute Gasteiger partial charge is 0.492 e. The van der Waals surface area contributed by atoms with E-state index in [-0.39, 0.29) is 0 Å². The van der Waals surface area contributed by atoms with Gasteiger partial charge in [-0.15, -0.1) is 0 Å². The summed E-state index contributed by atoms with van der Waals surface area (Å²) in [6, 6.07) is 6.61. The molecule has 1 heterocycles. The van der Waals surface area contributed by atoms with Crippen molar-refractivity contribution in [2.45, 2.75) is 33.7 Å². The quantitative estimate of drug-likeness (QED) is 0.784. The van der Waals surface area contributed by atoms with Crippen molar-refractivity contribution in [1.82, 2.24) is 5.32 Å². The van der Waals surface area contributed by atoms with Crippen molar-refractivity contribution in [3.8, 4) is 5.75 Å². The molecule has 0 amide bonds. The van der Waals surface area contributed by atoms with Gasteiger partial charge in [-0.1, -0.05) is 32.9 Å². The SMILES string of the molecule is CC(C)(C)Cc1ccc2c(c1)OCCNC2. The Morgan fingerprint density at radius 3 is 2.88 bits per heavy atom. The third-order valence-electron chi connectivity index (χ3n) is 2.72. The van der Waals surface area contributed by atoms with Crippen molar-refractivity contribution in [3.63, 3.8) is 0 Å². The van der Waals surface area contributed by atoms with E-state index >= 15 is 0 Å². The van der Waals surface area contributed by atoms with Gasteiger partial charge in [-0.25, -0.2) is 0 Å². The van der Waals surface area contributed by atoms with E-state index in [4.69, 9.17) is 4.74 Å². The fourth-order valence-electron chi connectivity index (χ4n) is 2.06. The molecule has 88 valence electrons. The Hall–Kier alpha value is -1.02. The van der Waals surface area contributed by atoms with E-state index in [2.05, 4.69) is 44.3 Å². The summed E-state index contributed by atoms with van der Waals surface area (Å²) < 4.78 is 5.74. The third-order valence-corrected chi connectivity index (χ3v) is 2.72. The molecule has 2 rings (SSSR count). The van der Waals surface area contributed by atoms with Gasteiger partial charge in [0.05, 0.1) is 0 Å². The van der Waals surface area contributed by atoms with Crippen molar-refractivity contribution in [1.29, 1.82) is 0 Å². The van der Waals surface area contributed by atoms with Crippen LogP contribution in [0.4, 0.5) is 0 Å². The van der Waals surface area contributed by atoms with Gasteiger partial charge < -0.3 is 10.1 Å². The second-order valence-corrected chi connectivity index (χ2v) is 5.70. The summed E-state index contributed by atoms with van der Waals surface area (Å²) in [4.78, 5) is 0. The highest BCUT2D eigenvalue weighted by Gasteiger charge is 2.14. The molecule has 1 aromatic carbocycles. The predicted molar refractivity (Wildman–Crippen MR) is 66.8 cm³/mol. The van der Waals surface area contributed by atoms with Gasteiger partial charge >= 0.3 is 0 Å². The molecular formula is C14H21NO.